The zero-order valence-corrected chi connectivity index (χ0v) is 22.7. The molecule has 0 unspecified atom stereocenters. The van der Waals surface area contributed by atoms with E-state index in [1.54, 1.807) is 6.07 Å². The van der Waals surface area contributed by atoms with Gasteiger partial charge in [-0.3, -0.25) is 9.59 Å². The second-order valence-electron chi connectivity index (χ2n) is 10.1. The van der Waals surface area contributed by atoms with Gasteiger partial charge in [-0.05, 0) is 89.1 Å². The van der Waals surface area contributed by atoms with Gasteiger partial charge in [-0.15, -0.1) is 0 Å². The normalized spacial score (nSPS) is 12.5. The van der Waals surface area contributed by atoms with E-state index in [-0.39, 0.29) is 0 Å². The van der Waals surface area contributed by atoms with E-state index in [9.17, 15) is 9.59 Å². The molecule has 7 rings (SSSR count). The van der Waals surface area contributed by atoms with E-state index >= 15 is 0 Å². The van der Waals surface area contributed by atoms with Crippen LogP contribution in [0.3, 0.4) is 0 Å². The second-order valence-corrected chi connectivity index (χ2v) is 10.1. The number of allylic oxidation sites excluding steroid dienone is 1. The Balaban J connectivity index is 1.45. The smallest absolute Gasteiger partial charge is 0.250 e. The molecule has 6 aromatic carbocycles. The Morgan fingerprint density at radius 2 is 0.857 bits per heavy atom. The summed E-state index contributed by atoms with van der Waals surface area (Å²) in [6, 6.07) is 49.7. The second kappa shape index (κ2) is 10.7. The van der Waals surface area contributed by atoms with Crippen molar-refractivity contribution in [3.63, 3.8) is 0 Å². The average Bonchev–Trinajstić information content (AvgIpc) is 3.05. The summed E-state index contributed by atoms with van der Waals surface area (Å²) in [6.07, 6.45) is 1.88. The van der Waals surface area contributed by atoms with Crippen molar-refractivity contribution in [3.8, 4) is 0 Å². The highest BCUT2D eigenvalue weighted by molar-refractivity contribution is 6.53. The highest BCUT2D eigenvalue weighted by Gasteiger charge is 2.33. The Hall–Kier alpha value is -5.74. The number of ketones is 2. The largest absolute Gasteiger partial charge is 0.310 e. The molecule has 0 N–H and O–H groups in total. The van der Waals surface area contributed by atoms with Crippen LogP contribution in [0.15, 0.2) is 157 Å². The topological polar surface area (TPSA) is 40.6 Å². The molecule has 4 nitrogen and oxygen atoms in total. The van der Waals surface area contributed by atoms with E-state index in [0.29, 0.717) is 11.3 Å². The Bertz CT molecular complexity index is 1870. The highest BCUT2D eigenvalue weighted by atomic mass is 16.2. The fourth-order valence-electron chi connectivity index (χ4n) is 5.61. The number of carbonyl (C=O) groups excluding carboxylic acids is 2. The summed E-state index contributed by atoms with van der Waals surface area (Å²) in [5.41, 5.74) is 6.10. The van der Waals surface area contributed by atoms with E-state index in [4.69, 9.17) is 0 Å². The Kier molecular flexibility index (Phi) is 6.42. The molecule has 0 spiro atoms. The molecule has 0 aromatic heterocycles. The van der Waals surface area contributed by atoms with Crippen molar-refractivity contribution >= 4 is 56.9 Å². The van der Waals surface area contributed by atoms with Crippen LogP contribution in [0.5, 0.6) is 0 Å². The van der Waals surface area contributed by atoms with Crippen molar-refractivity contribution in [2.75, 3.05) is 9.80 Å². The first-order valence-electron chi connectivity index (χ1n) is 13.9. The van der Waals surface area contributed by atoms with Crippen LogP contribution < -0.4 is 9.80 Å². The molecule has 1 aliphatic rings. The Morgan fingerprint density at radius 3 is 1.36 bits per heavy atom. The monoisotopic (exact) mass is 542 g/mol. The third kappa shape index (κ3) is 4.45. The number of anilines is 5. The first-order chi connectivity index (χ1) is 20.7. The zero-order valence-electron chi connectivity index (χ0n) is 22.7. The molecule has 6 aromatic rings. The molecule has 4 heteroatoms. The molecule has 0 atom stereocenters. The fraction of sp³-hybridized carbons (Fsp3) is 0. The lowest BCUT2D eigenvalue weighted by Crippen LogP contribution is -2.31. The van der Waals surface area contributed by atoms with Crippen LogP contribution in [-0.2, 0) is 4.79 Å². The summed E-state index contributed by atoms with van der Waals surface area (Å²) < 4.78 is 0. The van der Waals surface area contributed by atoms with Crippen molar-refractivity contribution in [2.24, 2.45) is 0 Å². The molecule has 0 amide bonds. The third-order valence-electron chi connectivity index (χ3n) is 7.57. The maximum absolute atomic E-state index is 13.7. The van der Waals surface area contributed by atoms with Crippen molar-refractivity contribution in [3.05, 3.63) is 168 Å². The summed E-state index contributed by atoms with van der Waals surface area (Å²) >= 11 is 0. The third-order valence-corrected chi connectivity index (χ3v) is 7.57. The summed E-state index contributed by atoms with van der Waals surface area (Å²) in [4.78, 5) is 31.4. The van der Waals surface area contributed by atoms with Crippen molar-refractivity contribution in [2.45, 2.75) is 0 Å². The summed E-state index contributed by atoms with van der Waals surface area (Å²) in [5.74, 6) is -1.03. The quantitative estimate of drug-likeness (QED) is 0.197. The molecule has 1 aliphatic carbocycles. The maximum Gasteiger partial charge on any atom is 0.250 e. The van der Waals surface area contributed by atoms with E-state index < -0.39 is 11.6 Å². The van der Waals surface area contributed by atoms with E-state index in [1.165, 1.54) is 0 Å². The number of carbonyl (C=O) groups is 2. The molecule has 0 saturated heterocycles. The zero-order chi connectivity index (χ0) is 28.5. The van der Waals surface area contributed by atoms with Gasteiger partial charge in [-0.2, -0.15) is 0 Å². The van der Waals surface area contributed by atoms with Crippen LogP contribution >= 0.6 is 0 Å². The molecule has 42 heavy (non-hydrogen) atoms. The van der Waals surface area contributed by atoms with Gasteiger partial charge in [0.1, 0.15) is 0 Å². The fourth-order valence-corrected chi connectivity index (χ4v) is 5.61. The molecular weight excluding hydrogens is 516 g/mol. The van der Waals surface area contributed by atoms with Crippen molar-refractivity contribution in [1.82, 2.24) is 0 Å². The van der Waals surface area contributed by atoms with E-state index in [0.717, 1.165) is 44.8 Å². The van der Waals surface area contributed by atoms with Crippen molar-refractivity contribution < 1.29 is 9.59 Å². The minimum Gasteiger partial charge on any atom is -0.310 e. The molecule has 0 fully saturated rings. The maximum atomic E-state index is 13.7. The van der Waals surface area contributed by atoms with Crippen LogP contribution in [0.2, 0.25) is 0 Å². The van der Waals surface area contributed by atoms with Crippen LogP contribution in [0.4, 0.5) is 28.4 Å². The van der Waals surface area contributed by atoms with Crippen molar-refractivity contribution in [1.29, 1.82) is 0 Å². The number of hydrogen-bond donors (Lipinski definition) is 0. The van der Waals surface area contributed by atoms with E-state index in [1.807, 2.05) is 114 Å². The van der Waals surface area contributed by atoms with Gasteiger partial charge in [0.05, 0.1) is 5.70 Å². The van der Waals surface area contributed by atoms with Gasteiger partial charge in [0, 0.05) is 34.0 Å². The summed E-state index contributed by atoms with van der Waals surface area (Å²) in [7, 11) is 0. The first kappa shape index (κ1) is 25.2. The molecule has 200 valence electrons. The number of fused-ring (bicyclic) bond motifs is 3. The van der Waals surface area contributed by atoms with Gasteiger partial charge in [0.2, 0.25) is 11.6 Å². The molecule has 0 bridgehead atoms. The van der Waals surface area contributed by atoms with Gasteiger partial charge >= 0.3 is 0 Å². The minimum atomic E-state index is -0.527. The Labute approximate surface area is 244 Å². The lowest BCUT2D eigenvalue weighted by molar-refractivity contribution is -0.111. The van der Waals surface area contributed by atoms with Crippen LogP contribution in [0, 0.1) is 0 Å². The van der Waals surface area contributed by atoms with Gasteiger partial charge in [0.15, 0.2) is 0 Å². The first-order valence-corrected chi connectivity index (χ1v) is 13.9. The Morgan fingerprint density at radius 1 is 0.405 bits per heavy atom. The number of para-hydroxylation sites is 4. The summed E-state index contributed by atoms with van der Waals surface area (Å²) in [6.45, 7) is 0. The molecular formula is C38H26N2O2. The minimum absolute atomic E-state index is 0.325. The van der Waals surface area contributed by atoms with E-state index in [2.05, 4.69) is 47.4 Å². The standard InChI is InChI=1S/C38H26N2O2/c41-37-33-24-22-27-21-23-32(39(28-13-5-1-6-14-28)29-15-7-2-8-16-29)25-34(27)35(33)26-36(38(37)42)40(30-17-9-3-10-18-30)31-19-11-4-12-20-31/h1-26H. The lowest BCUT2D eigenvalue weighted by Gasteiger charge is -2.29. The van der Waals surface area contributed by atoms with Gasteiger partial charge in [-0.25, -0.2) is 0 Å². The molecule has 0 aliphatic heterocycles. The van der Waals surface area contributed by atoms with Crippen LogP contribution in [0.25, 0.3) is 16.8 Å². The predicted octanol–water partition coefficient (Wildman–Crippen LogP) is 9.25. The number of Topliss-reactive ketones (excluding diaryl/α,β-unsaturated/α-hetero) is 2. The van der Waals surface area contributed by atoms with Crippen LogP contribution in [-0.4, -0.2) is 11.6 Å². The highest BCUT2D eigenvalue weighted by Crippen LogP contribution is 2.40. The summed E-state index contributed by atoms with van der Waals surface area (Å²) in [5, 5.41) is 1.89. The van der Waals surface area contributed by atoms with Gasteiger partial charge in [-0.1, -0.05) is 84.9 Å². The number of rotatable bonds is 6. The molecule has 0 radical (unpaired) electrons. The number of benzene rings is 6. The number of nitrogens with zero attached hydrogens (tertiary/aromatic N) is 2. The molecule has 0 saturated carbocycles. The van der Waals surface area contributed by atoms with Gasteiger partial charge < -0.3 is 9.80 Å². The SMILES string of the molecule is O=C1C(=O)c2ccc3ccc(N(c4ccccc4)c4ccccc4)cc3c2C=C1N(c1ccccc1)c1ccccc1. The average molecular weight is 543 g/mol. The van der Waals surface area contributed by atoms with Gasteiger partial charge in [0.25, 0.3) is 0 Å². The predicted molar refractivity (Wildman–Crippen MR) is 171 cm³/mol. The molecule has 0 heterocycles. The lowest BCUT2D eigenvalue weighted by atomic mass is 9.88. The number of hydrogen-bond acceptors (Lipinski definition) is 4. The van der Waals surface area contributed by atoms with Crippen LogP contribution in [0.1, 0.15) is 15.9 Å².